The summed E-state index contributed by atoms with van der Waals surface area (Å²) in [5.74, 6) is 2.33. The first-order chi connectivity index (χ1) is 13.1. The van der Waals surface area contributed by atoms with E-state index < -0.39 is 0 Å². The van der Waals surface area contributed by atoms with Gasteiger partial charge in [0.1, 0.15) is 18.2 Å². The van der Waals surface area contributed by atoms with Crippen LogP contribution in [-0.2, 0) is 13.6 Å². The number of aryl methyl sites for hydroxylation is 1. The first-order valence-corrected chi connectivity index (χ1v) is 9.08. The van der Waals surface area contributed by atoms with Gasteiger partial charge in [-0.1, -0.05) is 6.08 Å². The summed E-state index contributed by atoms with van der Waals surface area (Å²) in [5, 5.41) is 11.6. The van der Waals surface area contributed by atoms with Crippen LogP contribution in [0.4, 0.5) is 10.1 Å². The zero-order chi connectivity index (χ0) is 19.2. The van der Waals surface area contributed by atoms with Crippen molar-refractivity contribution < 1.29 is 4.39 Å². The van der Waals surface area contributed by atoms with E-state index in [2.05, 4.69) is 31.9 Å². The van der Waals surface area contributed by atoms with E-state index in [4.69, 9.17) is 4.99 Å². The summed E-state index contributed by atoms with van der Waals surface area (Å²) >= 11 is 0. The molecule has 2 heterocycles. The molecule has 1 aromatic heterocycles. The largest absolute Gasteiger partial charge is 0.368 e. The van der Waals surface area contributed by atoms with Crippen LogP contribution in [0.5, 0.6) is 0 Å². The molecule has 0 amide bonds. The number of piperazine rings is 1. The highest BCUT2D eigenvalue weighted by molar-refractivity contribution is 5.80. The number of benzene rings is 1. The predicted octanol–water partition coefficient (Wildman–Crippen LogP) is 1.72. The molecule has 2 aromatic rings. The van der Waals surface area contributed by atoms with E-state index in [1.165, 1.54) is 12.1 Å². The highest BCUT2D eigenvalue weighted by Gasteiger charge is 2.20. The molecule has 8 heteroatoms. The van der Waals surface area contributed by atoms with E-state index in [1.807, 2.05) is 36.7 Å². The molecule has 0 bridgehead atoms. The average molecular weight is 371 g/mol. The fraction of sp³-hybridized carbons (Fsp3) is 0.421. The Kier molecular flexibility index (Phi) is 6.05. The molecule has 144 valence electrons. The number of aliphatic imine (C=N–C) groups is 1. The van der Waals surface area contributed by atoms with E-state index in [9.17, 15) is 4.39 Å². The summed E-state index contributed by atoms with van der Waals surface area (Å²) in [7, 11) is 1.94. The average Bonchev–Trinajstić information content (AvgIpc) is 3.01. The lowest BCUT2D eigenvalue weighted by molar-refractivity contribution is 0.373. The second-order valence-corrected chi connectivity index (χ2v) is 6.48. The Morgan fingerprint density at radius 1 is 1.22 bits per heavy atom. The summed E-state index contributed by atoms with van der Waals surface area (Å²) in [4.78, 5) is 9.22. The lowest BCUT2D eigenvalue weighted by atomic mass is 10.2. The van der Waals surface area contributed by atoms with Crippen LogP contribution in [0.2, 0.25) is 0 Å². The zero-order valence-corrected chi connectivity index (χ0v) is 15.9. The fourth-order valence-electron chi connectivity index (χ4n) is 2.99. The third-order valence-electron chi connectivity index (χ3n) is 4.73. The van der Waals surface area contributed by atoms with Gasteiger partial charge in [-0.15, -0.1) is 16.8 Å². The van der Waals surface area contributed by atoms with Crippen molar-refractivity contribution in [3.05, 3.63) is 54.4 Å². The standard InChI is InChI=1S/C19H26FN7/c1-4-9-21-19(22-14-18-24-23-15(2)25(18)3)27-12-10-26(11-13-27)17-7-5-16(20)6-8-17/h4-8H,1,9-14H2,2-3H3,(H,21,22). The molecule has 1 aliphatic heterocycles. The molecule has 0 unspecified atom stereocenters. The maximum Gasteiger partial charge on any atom is 0.194 e. The summed E-state index contributed by atoms with van der Waals surface area (Å²) in [6.45, 7) is 10.2. The van der Waals surface area contributed by atoms with Crippen molar-refractivity contribution in [1.29, 1.82) is 0 Å². The van der Waals surface area contributed by atoms with Crippen LogP contribution < -0.4 is 10.2 Å². The van der Waals surface area contributed by atoms with E-state index in [-0.39, 0.29) is 5.82 Å². The molecule has 0 saturated carbocycles. The van der Waals surface area contributed by atoms with Crippen molar-refractivity contribution in [2.24, 2.45) is 12.0 Å². The number of anilines is 1. The minimum absolute atomic E-state index is 0.209. The van der Waals surface area contributed by atoms with Crippen molar-refractivity contribution >= 4 is 11.6 Å². The van der Waals surface area contributed by atoms with Crippen molar-refractivity contribution in [3.8, 4) is 0 Å². The van der Waals surface area contributed by atoms with Gasteiger partial charge in [-0.05, 0) is 31.2 Å². The summed E-state index contributed by atoms with van der Waals surface area (Å²) in [6, 6.07) is 6.66. The molecule has 3 rings (SSSR count). The van der Waals surface area contributed by atoms with Gasteiger partial charge in [-0.25, -0.2) is 9.38 Å². The number of hydrogen-bond acceptors (Lipinski definition) is 4. The molecule has 7 nitrogen and oxygen atoms in total. The van der Waals surface area contributed by atoms with E-state index in [0.717, 1.165) is 49.5 Å². The van der Waals surface area contributed by atoms with Crippen molar-refractivity contribution in [3.63, 3.8) is 0 Å². The molecule has 0 aliphatic carbocycles. The van der Waals surface area contributed by atoms with Crippen LogP contribution in [0.25, 0.3) is 0 Å². The Hall–Kier alpha value is -2.90. The molecular formula is C19H26FN7. The second kappa shape index (κ2) is 8.66. The number of hydrogen-bond donors (Lipinski definition) is 1. The quantitative estimate of drug-likeness (QED) is 0.493. The Labute approximate surface area is 159 Å². The maximum atomic E-state index is 13.1. The van der Waals surface area contributed by atoms with Gasteiger partial charge in [-0.3, -0.25) is 0 Å². The highest BCUT2D eigenvalue weighted by Crippen LogP contribution is 2.17. The molecule has 0 radical (unpaired) electrons. The topological polar surface area (TPSA) is 61.6 Å². The summed E-state index contributed by atoms with van der Waals surface area (Å²) in [5.41, 5.74) is 1.04. The minimum atomic E-state index is -0.209. The van der Waals surface area contributed by atoms with Crippen LogP contribution in [0, 0.1) is 12.7 Å². The Morgan fingerprint density at radius 3 is 2.52 bits per heavy atom. The molecule has 1 fully saturated rings. The molecule has 0 atom stereocenters. The Morgan fingerprint density at radius 2 is 1.93 bits per heavy atom. The van der Waals surface area contributed by atoms with E-state index >= 15 is 0 Å². The predicted molar refractivity (Wildman–Crippen MR) is 105 cm³/mol. The summed E-state index contributed by atoms with van der Waals surface area (Å²) in [6.07, 6.45) is 1.82. The van der Waals surface area contributed by atoms with Gasteiger partial charge < -0.3 is 19.7 Å². The van der Waals surface area contributed by atoms with Crippen molar-refractivity contribution in [2.75, 3.05) is 37.6 Å². The molecule has 27 heavy (non-hydrogen) atoms. The lowest BCUT2D eigenvalue weighted by Gasteiger charge is -2.37. The highest BCUT2D eigenvalue weighted by atomic mass is 19.1. The first kappa shape index (κ1) is 18.9. The first-order valence-electron chi connectivity index (χ1n) is 9.08. The summed E-state index contributed by atoms with van der Waals surface area (Å²) < 4.78 is 15.1. The number of guanidine groups is 1. The molecule has 0 spiro atoms. The second-order valence-electron chi connectivity index (χ2n) is 6.48. The van der Waals surface area contributed by atoms with Crippen LogP contribution >= 0.6 is 0 Å². The Balaban J connectivity index is 1.65. The normalized spacial score (nSPS) is 15.1. The van der Waals surface area contributed by atoms with Gasteiger partial charge in [0.05, 0.1) is 0 Å². The van der Waals surface area contributed by atoms with Crippen LogP contribution in [0.3, 0.4) is 0 Å². The fourth-order valence-corrected chi connectivity index (χ4v) is 2.99. The van der Waals surface area contributed by atoms with Gasteiger partial charge in [0.25, 0.3) is 0 Å². The number of rotatable bonds is 5. The van der Waals surface area contributed by atoms with Gasteiger partial charge in [0, 0.05) is 45.5 Å². The van der Waals surface area contributed by atoms with Crippen molar-refractivity contribution in [2.45, 2.75) is 13.5 Å². The smallest absolute Gasteiger partial charge is 0.194 e. The molecule has 1 aliphatic rings. The van der Waals surface area contributed by atoms with Crippen molar-refractivity contribution in [1.82, 2.24) is 25.0 Å². The van der Waals surface area contributed by atoms with Crippen LogP contribution in [0.15, 0.2) is 41.9 Å². The lowest BCUT2D eigenvalue weighted by Crippen LogP contribution is -2.52. The third-order valence-corrected chi connectivity index (χ3v) is 4.73. The van der Waals surface area contributed by atoms with Gasteiger partial charge in [-0.2, -0.15) is 0 Å². The van der Waals surface area contributed by atoms with Gasteiger partial charge in [0.2, 0.25) is 0 Å². The minimum Gasteiger partial charge on any atom is -0.368 e. The van der Waals surface area contributed by atoms with Crippen LogP contribution in [-0.4, -0.2) is 58.3 Å². The molecule has 1 N–H and O–H groups in total. The zero-order valence-electron chi connectivity index (χ0n) is 15.9. The van der Waals surface area contributed by atoms with Gasteiger partial charge >= 0.3 is 0 Å². The number of halogens is 1. The number of nitrogens with one attached hydrogen (secondary N) is 1. The maximum absolute atomic E-state index is 13.1. The third kappa shape index (κ3) is 4.64. The molecule has 1 saturated heterocycles. The molecule has 1 aromatic carbocycles. The SMILES string of the molecule is C=CCNC(=NCc1nnc(C)n1C)N1CCN(c2ccc(F)cc2)CC1. The monoisotopic (exact) mass is 371 g/mol. The van der Waals surface area contributed by atoms with Crippen LogP contribution in [0.1, 0.15) is 11.6 Å². The van der Waals surface area contributed by atoms with E-state index in [1.54, 1.807) is 0 Å². The van der Waals surface area contributed by atoms with E-state index in [0.29, 0.717) is 13.1 Å². The number of nitrogens with zero attached hydrogens (tertiary/aromatic N) is 6. The molecular weight excluding hydrogens is 345 g/mol. The Bertz CT molecular complexity index is 789. The van der Waals surface area contributed by atoms with Gasteiger partial charge in [0.15, 0.2) is 11.8 Å². The number of aromatic nitrogens is 3.